The number of hydrogen-bond acceptors (Lipinski definition) is 8. The summed E-state index contributed by atoms with van der Waals surface area (Å²) < 4.78 is 47.8. The maximum atomic E-state index is 14.0. The lowest BCUT2D eigenvalue weighted by Crippen LogP contribution is -2.45. The van der Waals surface area contributed by atoms with Gasteiger partial charge in [-0.3, -0.25) is 14.5 Å². The standard InChI is InChI=1S/C29H32F3N7O3/c1-4-26(40)37-36-25-16-27(34-18-33-25)42-24-14-20(7-6-19(24)3)28(41)35-22-9-8-21(23(15-22)29(30,31)32)17-39-12-10-38(5-2)11-13-39/h6-9,14-16,18H,4-5,10-13,17H2,1-3H3,(H,35,41). The Balaban J connectivity index is 1.48. The summed E-state index contributed by atoms with van der Waals surface area (Å²) in [7, 11) is 0. The fraction of sp³-hybridized carbons (Fsp3) is 0.379. The second kappa shape index (κ2) is 13.6. The molecule has 42 heavy (non-hydrogen) atoms. The number of carbonyl (C=O) groups is 2. The van der Waals surface area contributed by atoms with Gasteiger partial charge in [0.1, 0.15) is 12.1 Å². The van der Waals surface area contributed by atoms with E-state index >= 15 is 0 Å². The van der Waals surface area contributed by atoms with Crippen LogP contribution in [-0.4, -0.2) is 64.3 Å². The number of halogens is 3. The van der Waals surface area contributed by atoms with Gasteiger partial charge in [-0.15, -0.1) is 10.2 Å². The third kappa shape index (κ3) is 8.17. The Morgan fingerprint density at radius 3 is 2.43 bits per heavy atom. The third-order valence-electron chi connectivity index (χ3n) is 6.84. The smallest absolute Gasteiger partial charge is 0.416 e. The van der Waals surface area contributed by atoms with Crippen molar-refractivity contribution in [3.05, 3.63) is 71.0 Å². The quantitative estimate of drug-likeness (QED) is 0.307. The third-order valence-corrected chi connectivity index (χ3v) is 6.84. The topological polar surface area (TPSA) is 112 Å². The molecule has 0 spiro atoms. The minimum absolute atomic E-state index is 0.0300. The van der Waals surface area contributed by atoms with Crippen molar-refractivity contribution in [1.29, 1.82) is 0 Å². The van der Waals surface area contributed by atoms with Crippen molar-refractivity contribution in [2.45, 2.75) is 39.9 Å². The highest BCUT2D eigenvalue weighted by molar-refractivity contribution is 6.04. The molecule has 0 aliphatic carbocycles. The number of alkyl halides is 3. The molecular weight excluding hydrogens is 551 g/mol. The van der Waals surface area contributed by atoms with Crippen LogP contribution >= 0.6 is 0 Å². The van der Waals surface area contributed by atoms with Crippen LogP contribution in [0.2, 0.25) is 0 Å². The predicted octanol–water partition coefficient (Wildman–Crippen LogP) is 6.01. The summed E-state index contributed by atoms with van der Waals surface area (Å²) in [5.41, 5.74) is 0.271. The molecule has 4 rings (SSSR count). The molecule has 0 bridgehead atoms. The number of likely N-dealkylation sites (N-methyl/N-ethyl adjacent to an activating group) is 1. The Morgan fingerprint density at radius 1 is 1.00 bits per heavy atom. The minimum Gasteiger partial charge on any atom is -0.439 e. The number of aromatic nitrogens is 2. The number of azo groups is 1. The van der Waals surface area contributed by atoms with Crippen LogP contribution in [0.25, 0.3) is 0 Å². The van der Waals surface area contributed by atoms with Gasteiger partial charge in [-0.25, -0.2) is 9.97 Å². The van der Waals surface area contributed by atoms with Gasteiger partial charge in [0.25, 0.3) is 11.8 Å². The Hall–Kier alpha value is -4.23. The van der Waals surface area contributed by atoms with E-state index in [0.29, 0.717) is 24.4 Å². The lowest BCUT2D eigenvalue weighted by Gasteiger charge is -2.34. The molecule has 0 radical (unpaired) electrons. The van der Waals surface area contributed by atoms with Crippen molar-refractivity contribution in [3.8, 4) is 11.6 Å². The molecule has 1 N–H and O–H groups in total. The Kier molecular flexibility index (Phi) is 9.96. The second-order valence-corrected chi connectivity index (χ2v) is 9.78. The Labute approximate surface area is 241 Å². The SMILES string of the molecule is CCC(=O)N=Nc1cc(Oc2cc(C(=O)Nc3ccc(CN4CCN(CC)CC4)c(C(F)(F)F)c3)ccc2C)ncn1. The first kappa shape index (κ1) is 30.7. The van der Waals surface area contributed by atoms with E-state index < -0.39 is 23.6 Å². The number of aryl methyl sites for hydroxylation is 1. The molecule has 222 valence electrons. The van der Waals surface area contributed by atoms with Gasteiger partial charge < -0.3 is 15.0 Å². The van der Waals surface area contributed by atoms with E-state index in [2.05, 4.69) is 37.3 Å². The van der Waals surface area contributed by atoms with Crippen LogP contribution in [0, 0.1) is 6.92 Å². The summed E-state index contributed by atoms with van der Waals surface area (Å²) in [6.07, 6.45) is -3.19. The number of benzene rings is 2. The van der Waals surface area contributed by atoms with E-state index in [1.54, 1.807) is 26.0 Å². The summed E-state index contributed by atoms with van der Waals surface area (Å²) in [6, 6.07) is 9.91. The highest BCUT2D eigenvalue weighted by Crippen LogP contribution is 2.35. The first-order valence-corrected chi connectivity index (χ1v) is 13.6. The first-order valence-electron chi connectivity index (χ1n) is 13.6. The number of carbonyl (C=O) groups excluding carboxylic acids is 2. The van der Waals surface area contributed by atoms with Crippen LogP contribution in [0.5, 0.6) is 11.6 Å². The van der Waals surface area contributed by atoms with Gasteiger partial charge in [-0.1, -0.05) is 26.0 Å². The summed E-state index contributed by atoms with van der Waals surface area (Å²) >= 11 is 0. The lowest BCUT2D eigenvalue weighted by molar-refractivity contribution is -0.138. The fourth-order valence-electron chi connectivity index (χ4n) is 4.35. The number of nitrogens with zero attached hydrogens (tertiary/aromatic N) is 6. The molecule has 0 saturated carbocycles. The summed E-state index contributed by atoms with van der Waals surface area (Å²) in [6.45, 7) is 9.60. The molecule has 10 nitrogen and oxygen atoms in total. The molecule has 1 aromatic heterocycles. The zero-order valence-corrected chi connectivity index (χ0v) is 23.6. The molecule has 2 amide bonds. The number of rotatable bonds is 9. The van der Waals surface area contributed by atoms with E-state index in [0.717, 1.165) is 25.7 Å². The fourth-order valence-corrected chi connectivity index (χ4v) is 4.35. The average molecular weight is 584 g/mol. The van der Waals surface area contributed by atoms with E-state index in [1.165, 1.54) is 30.6 Å². The number of hydrogen-bond donors (Lipinski definition) is 1. The van der Waals surface area contributed by atoms with Gasteiger partial charge in [-0.05, 0) is 48.9 Å². The molecule has 2 aromatic carbocycles. The number of ether oxygens (including phenoxy) is 1. The van der Waals surface area contributed by atoms with Gasteiger partial charge in [-0.2, -0.15) is 13.2 Å². The molecule has 1 saturated heterocycles. The van der Waals surface area contributed by atoms with E-state index in [9.17, 15) is 22.8 Å². The Morgan fingerprint density at radius 2 is 1.74 bits per heavy atom. The average Bonchev–Trinajstić information content (AvgIpc) is 2.97. The Bertz CT molecular complexity index is 1450. The second-order valence-electron chi connectivity index (χ2n) is 9.78. The van der Waals surface area contributed by atoms with Crippen LogP contribution < -0.4 is 10.1 Å². The van der Waals surface area contributed by atoms with E-state index in [-0.39, 0.29) is 41.5 Å². The van der Waals surface area contributed by atoms with Crippen LogP contribution in [0.4, 0.5) is 24.7 Å². The van der Waals surface area contributed by atoms with Gasteiger partial charge in [0.2, 0.25) is 5.88 Å². The predicted molar refractivity (Wildman–Crippen MR) is 150 cm³/mol. The number of nitrogens with one attached hydrogen (secondary N) is 1. The maximum absolute atomic E-state index is 14.0. The zero-order chi connectivity index (χ0) is 30.3. The molecule has 1 fully saturated rings. The normalized spacial score (nSPS) is 14.7. The van der Waals surface area contributed by atoms with Crippen LogP contribution in [-0.2, 0) is 17.5 Å². The monoisotopic (exact) mass is 583 g/mol. The van der Waals surface area contributed by atoms with Crippen LogP contribution in [0.1, 0.15) is 47.3 Å². The highest BCUT2D eigenvalue weighted by atomic mass is 19.4. The maximum Gasteiger partial charge on any atom is 0.416 e. The van der Waals surface area contributed by atoms with Gasteiger partial charge in [0.05, 0.1) is 5.56 Å². The molecule has 1 aliphatic rings. The molecule has 2 heterocycles. The number of amides is 2. The van der Waals surface area contributed by atoms with Crippen molar-refractivity contribution < 1.29 is 27.5 Å². The lowest BCUT2D eigenvalue weighted by atomic mass is 10.0. The van der Waals surface area contributed by atoms with E-state index in [1.807, 2.05) is 4.90 Å². The summed E-state index contributed by atoms with van der Waals surface area (Å²) in [4.78, 5) is 36.6. The van der Waals surface area contributed by atoms with Crippen molar-refractivity contribution in [2.24, 2.45) is 10.2 Å². The molecule has 3 aromatic rings. The van der Waals surface area contributed by atoms with Gasteiger partial charge >= 0.3 is 6.18 Å². The zero-order valence-electron chi connectivity index (χ0n) is 23.6. The number of piperazine rings is 1. The molecule has 13 heteroatoms. The highest BCUT2D eigenvalue weighted by Gasteiger charge is 2.34. The van der Waals surface area contributed by atoms with Crippen LogP contribution in [0.3, 0.4) is 0 Å². The van der Waals surface area contributed by atoms with Gasteiger partial charge in [0, 0.05) is 56.5 Å². The van der Waals surface area contributed by atoms with Crippen molar-refractivity contribution in [1.82, 2.24) is 19.8 Å². The van der Waals surface area contributed by atoms with Crippen molar-refractivity contribution in [3.63, 3.8) is 0 Å². The van der Waals surface area contributed by atoms with Crippen molar-refractivity contribution >= 4 is 23.3 Å². The summed E-state index contributed by atoms with van der Waals surface area (Å²) in [5.74, 6) is -0.506. The van der Waals surface area contributed by atoms with Gasteiger partial charge in [0.15, 0.2) is 5.82 Å². The molecule has 1 aliphatic heterocycles. The first-order chi connectivity index (χ1) is 20.0. The summed E-state index contributed by atoms with van der Waals surface area (Å²) in [5, 5.41) is 9.86. The van der Waals surface area contributed by atoms with Crippen molar-refractivity contribution in [2.75, 3.05) is 38.0 Å². The van der Waals surface area contributed by atoms with E-state index in [4.69, 9.17) is 4.74 Å². The molecule has 0 unspecified atom stereocenters. The van der Waals surface area contributed by atoms with Crippen LogP contribution in [0.15, 0.2) is 59.0 Å². The minimum atomic E-state index is -4.58. The largest absolute Gasteiger partial charge is 0.439 e. The molecular formula is C29H32F3N7O3. The molecule has 0 atom stereocenters. The number of anilines is 1.